The van der Waals surface area contributed by atoms with Gasteiger partial charge in [0.15, 0.2) is 17.5 Å². The first-order valence-electron chi connectivity index (χ1n) is 5.71. The molecule has 0 amide bonds. The first kappa shape index (κ1) is 12.5. The highest BCUT2D eigenvalue weighted by atomic mass is 16.7. The van der Waals surface area contributed by atoms with Gasteiger partial charge in [-0.2, -0.15) is 0 Å². The van der Waals surface area contributed by atoms with Crippen LogP contribution in [-0.4, -0.2) is 33.0 Å². The van der Waals surface area contributed by atoms with Gasteiger partial charge in [0.2, 0.25) is 6.79 Å². The number of benzene rings is 1. The highest BCUT2D eigenvalue weighted by molar-refractivity contribution is 5.77. The third-order valence-corrected chi connectivity index (χ3v) is 2.48. The van der Waals surface area contributed by atoms with Crippen LogP contribution in [0.25, 0.3) is 0 Å². The van der Waals surface area contributed by atoms with Crippen LogP contribution in [-0.2, 0) is 11.3 Å². The van der Waals surface area contributed by atoms with Crippen molar-refractivity contribution in [3.8, 4) is 11.5 Å². The summed E-state index contributed by atoms with van der Waals surface area (Å²) < 4.78 is 15.4. The summed E-state index contributed by atoms with van der Waals surface area (Å²) >= 11 is 0. The molecule has 0 atom stereocenters. The van der Waals surface area contributed by atoms with Gasteiger partial charge in [0.25, 0.3) is 0 Å². The standard InChI is InChI=1S/C12H17N3O3/c1-16-5-4-14-12(13)15-7-9-2-3-10-11(6-9)18-8-17-10/h2-3,6H,4-5,7-8H2,1H3,(H3,13,14,15). The minimum absolute atomic E-state index is 0.281. The molecule has 0 saturated heterocycles. The Kier molecular flexibility index (Phi) is 4.25. The molecule has 18 heavy (non-hydrogen) atoms. The summed E-state index contributed by atoms with van der Waals surface area (Å²) in [4.78, 5) is 4.22. The number of guanidine groups is 1. The number of fused-ring (bicyclic) bond motifs is 1. The van der Waals surface area contributed by atoms with E-state index in [-0.39, 0.29) is 6.79 Å². The summed E-state index contributed by atoms with van der Waals surface area (Å²) in [5.74, 6) is 1.94. The smallest absolute Gasteiger partial charge is 0.231 e. The maximum Gasteiger partial charge on any atom is 0.231 e. The van der Waals surface area contributed by atoms with Crippen molar-refractivity contribution in [2.24, 2.45) is 10.7 Å². The molecule has 3 N–H and O–H groups in total. The van der Waals surface area contributed by atoms with Gasteiger partial charge in [-0.25, -0.2) is 4.99 Å². The van der Waals surface area contributed by atoms with Crippen molar-refractivity contribution in [2.75, 3.05) is 27.1 Å². The molecule has 6 nitrogen and oxygen atoms in total. The third kappa shape index (κ3) is 3.27. The SMILES string of the molecule is COCCNC(N)=NCc1ccc2c(c1)OCO2. The lowest BCUT2D eigenvalue weighted by molar-refractivity contribution is 0.174. The molecular formula is C12H17N3O3. The minimum Gasteiger partial charge on any atom is -0.454 e. The first-order valence-corrected chi connectivity index (χ1v) is 5.71. The average molecular weight is 251 g/mol. The van der Waals surface area contributed by atoms with Gasteiger partial charge in [-0.05, 0) is 17.7 Å². The van der Waals surface area contributed by atoms with E-state index in [0.717, 1.165) is 17.1 Å². The van der Waals surface area contributed by atoms with Crippen LogP contribution in [0.1, 0.15) is 5.56 Å². The number of ether oxygens (including phenoxy) is 3. The highest BCUT2D eigenvalue weighted by Gasteiger charge is 2.12. The Morgan fingerprint density at radius 2 is 2.28 bits per heavy atom. The van der Waals surface area contributed by atoms with E-state index in [0.29, 0.717) is 25.7 Å². The summed E-state index contributed by atoms with van der Waals surface area (Å²) in [5, 5.41) is 2.95. The monoisotopic (exact) mass is 251 g/mol. The van der Waals surface area contributed by atoms with E-state index in [1.165, 1.54) is 0 Å². The van der Waals surface area contributed by atoms with E-state index in [9.17, 15) is 0 Å². The molecule has 0 fully saturated rings. The van der Waals surface area contributed by atoms with Crippen molar-refractivity contribution in [1.82, 2.24) is 5.32 Å². The van der Waals surface area contributed by atoms with Crippen LogP contribution >= 0.6 is 0 Å². The van der Waals surface area contributed by atoms with E-state index in [4.69, 9.17) is 19.9 Å². The second kappa shape index (κ2) is 6.11. The van der Waals surface area contributed by atoms with Gasteiger partial charge in [-0.15, -0.1) is 0 Å². The van der Waals surface area contributed by atoms with Crippen molar-refractivity contribution in [3.63, 3.8) is 0 Å². The van der Waals surface area contributed by atoms with Crippen LogP contribution in [0.5, 0.6) is 11.5 Å². The normalized spacial score (nSPS) is 13.7. The predicted octanol–water partition coefficient (Wildman–Crippen LogP) is 0.466. The average Bonchev–Trinajstić information content (AvgIpc) is 2.84. The van der Waals surface area contributed by atoms with Crippen LogP contribution < -0.4 is 20.5 Å². The van der Waals surface area contributed by atoms with Gasteiger partial charge < -0.3 is 25.3 Å². The second-order valence-corrected chi connectivity index (χ2v) is 3.81. The maximum atomic E-state index is 5.70. The van der Waals surface area contributed by atoms with E-state index >= 15 is 0 Å². The molecule has 1 heterocycles. The minimum atomic E-state index is 0.281. The number of rotatable bonds is 5. The Balaban J connectivity index is 1.87. The number of methoxy groups -OCH3 is 1. The summed E-state index contributed by atoms with van der Waals surface area (Å²) in [6, 6.07) is 5.73. The number of hydrogen-bond acceptors (Lipinski definition) is 4. The van der Waals surface area contributed by atoms with Crippen LogP contribution in [0.3, 0.4) is 0 Å². The van der Waals surface area contributed by atoms with Crippen molar-refractivity contribution >= 4 is 5.96 Å². The number of nitrogens with one attached hydrogen (secondary N) is 1. The molecule has 0 spiro atoms. The lowest BCUT2D eigenvalue weighted by Gasteiger charge is -2.05. The highest BCUT2D eigenvalue weighted by Crippen LogP contribution is 2.32. The molecule has 0 aromatic heterocycles. The molecular weight excluding hydrogens is 234 g/mol. The lowest BCUT2D eigenvalue weighted by Crippen LogP contribution is -2.34. The summed E-state index contributed by atoms with van der Waals surface area (Å²) in [5.41, 5.74) is 6.73. The quantitative estimate of drug-likeness (QED) is 0.452. The lowest BCUT2D eigenvalue weighted by atomic mass is 10.2. The fraction of sp³-hybridized carbons (Fsp3) is 0.417. The van der Waals surface area contributed by atoms with Crippen LogP contribution in [0.2, 0.25) is 0 Å². The van der Waals surface area contributed by atoms with Crippen molar-refractivity contribution in [2.45, 2.75) is 6.54 Å². The zero-order valence-electron chi connectivity index (χ0n) is 10.3. The predicted molar refractivity (Wildman–Crippen MR) is 67.8 cm³/mol. The number of hydrogen-bond donors (Lipinski definition) is 2. The van der Waals surface area contributed by atoms with Gasteiger partial charge in [-0.1, -0.05) is 6.07 Å². The fourth-order valence-corrected chi connectivity index (χ4v) is 1.55. The van der Waals surface area contributed by atoms with E-state index in [2.05, 4.69) is 10.3 Å². The molecule has 0 saturated carbocycles. The Hall–Kier alpha value is -1.95. The molecule has 1 aromatic rings. The molecule has 1 aliphatic rings. The molecule has 6 heteroatoms. The topological polar surface area (TPSA) is 78.1 Å². The van der Waals surface area contributed by atoms with E-state index in [1.807, 2.05) is 18.2 Å². The largest absolute Gasteiger partial charge is 0.454 e. The van der Waals surface area contributed by atoms with Crippen LogP contribution in [0.15, 0.2) is 23.2 Å². The van der Waals surface area contributed by atoms with E-state index in [1.54, 1.807) is 7.11 Å². The molecule has 1 aliphatic heterocycles. The molecule has 0 unspecified atom stereocenters. The van der Waals surface area contributed by atoms with Gasteiger partial charge in [0.05, 0.1) is 13.2 Å². The number of nitrogens with zero attached hydrogens (tertiary/aromatic N) is 1. The second-order valence-electron chi connectivity index (χ2n) is 3.81. The molecule has 0 aliphatic carbocycles. The Morgan fingerprint density at radius 3 is 3.11 bits per heavy atom. The first-order chi connectivity index (χ1) is 8.79. The Bertz CT molecular complexity index is 435. The van der Waals surface area contributed by atoms with Crippen molar-refractivity contribution < 1.29 is 14.2 Å². The van der Waals surface area contributed by atoms with Gasteiger partial charge in [0, 0.05) is 13.7 Å². The van der Waals surface area contributed by atoms with Crippen LogP contribution in [0, 0.1) is 0 Å². The zero-order chi connectivity index (χ0) is 12.8. The summed E-state index contributed by atoms with van der Waals surface area (Å²) in [6.07, 6.45) is 0. The zero-order valence-corrected chi connectivity index (χ0v) is 10.3. The Morgan fingerprint density at radius 1 is 1.44 bits per heavy atom. The number of aliphatic imine (C=N–C) groups is 1. The van der Waals surface area contributed by atoms with Crippen LogP contribution in [0.4, 0.5) is 0 Å². The van der Waals surface area contributed by atoms with Gasteiger partial charge >= 0.3 is 0 Å². The molecule has 98 valence electrons. The summed E-state index contributed by atoms with van der Waals surface area (Å²) in [7, 11) is 1.64. The molecule has 2 rings (SSSR count). The maximum absolute atomic E-state index is 5.70. The number of nitrogens with two attached hydrogens (primary N) is 1. The third-order valence-electron chi connectivity index (χ3n) is 2.48. The molecule has 0 radical (unpaired) electrons. The van der Waals surface area contributed by atoms with Crippen molar-refractivity contribution in [3.05, 3.63) is 23.8 Å². The molecule has 1 aromatic carbocycles. The van der Waals surface area contributed by atoms with Crippen molar-refractivity contribution in [1.29, 1.82) is 0 Å². The van der Waals surface area contributed by atoms with Gasteiger partial charge in [-0.3, -0.25) is 0 Å². The molecule has 0 bridgehead atoms. The Labute approximate surface area is 106 Å². The van der Waals surface area contributed by atoms with E-state index < -0.39 is 0 Å². The fourth-order valence-electron chi connectivity index (χ4n) is 1.55. The van der Waals surface area contributed by atoms with Gasteiger partial charge in [0.1, 0.15) is 0 Å². The summed E-state index contributed by atoms with van der Waals surface area (Å²) in [6.45, 7) is 2.03.